The number of nitrogens with zero attached hydrogens (tertiary/aromatic N) is 2. The molecule has 0 unspecified atom stereocenters. The molecule has 0 amide bonds. The van der Waals surface area contributed by atoms with Gasteiger partial charge in [0.05, 0.1) is 18.3 Å². The molecule has 32 heavy (non-hydrogen) atoms. The van der Waals surface area contributed by atoms with Crippen LogP contribution in [0.15, 0.2) is 93.1 Å². The van der Waals surface area contributed by atoms with Gasteiger partial charge in [-0.25, -0.2) is 9.79 Å². The van der Waals surface area contributed by atoms with Crippen LogP contribution >= 0.6 is 11.8 Å². The highest BCUT2D eigenvalue weighted by atomic mass is 32.2. The molecule has 1 aliphatic carbocycles. The molecule has 162 valence electrons. The van der Waals surface area contributed by atoms with Gasteiger partial charge in [-0.1, -0.05) is 60.7 Å². The first-order valence-corrected chi connectivity index (χ1v) is 12.0. The number of hydrogen-bond donors (Lipinski definition) is 0. The Kier molecular flexibility index (Phi) is 5.75. The van der Waals surface area contributed by atoms with Crippen molar-refractivity contribution in [3.8, 4) is 0 Å². The molecule has 0 aromatic heterocycles. The van der Waals surface area contributed by atoms with Crippen molar-refractivity contribution >= 4 is 29.0 Å². The molecule has 0 N–H and O–H groups in total. The average molecular weight is 443 g/mol. The van der Waals surface area contributed by atoms with Gasteiger partial charge in [-0.15, -0.1) is 0 Å². The summed E-state index contributed by atoms with van der Waals surface area (Å²) < 4.78 is 5.34. The van der Waals surface area contributed by atoms with E-state index in [1.807, 2.05) is 26.0 Å². The Morgan fingerprint density at radius 3 is 2.56 bits per heavy atom. The molecule has 0 fully saturated rings. The maximum absolute atomic E-state index is 12.7. The SMILES string of the molecule is CCOC(=O)C1=C(C)N2C(=NC3=C(CCC/C3=C/c3ccccc3)[C@H]2c2ccccc2)S1. The van der Waals surface area contributed by atoms with E-state index in [1.54, 1.807) is 0 Å². The van der Waals surface area contributed by atoms with Crippen LogP contribution in [0, 0.1) is 0 Å². The van der Waals surface area contributed by atoms with Crippen LogP contribution in [0.4, 0.5) is 0 Å². The largest absolute Gasteiger partial charge is 0.462 e. The molecular formula is C27H26N2O2S. The van der Waals surface area contributed by atoms with E-state index in [4.69, 9.17) is 9.73 Å². The molecule has 5 rings (SSSR count). The summed E-state index contributed by atoms with van der Waals surface area (Å²) in [5.41, 5.74) is 7.03. The van der Waals surface area contributed by atoms with Crippen molar-refractivity contribution in [2.24, 2.45) is 4.99 Å². The zero-order valence-corrected chi connectivity index (χ0v) is 19.2. The van der Waals surface area contributed by atoms with Crippen LogP contribution in [0.3, 0.4) is 0 Å². The van der Waals surface area contributed by atoms with Crippen LogP contribution in [0.25, 0.3) is 6.08 Å². The Morgan fingerprint density at radius 1 is 1.12 bits per heavy atom. The Labute approximate surface area is 193 Å². The second-order valence-electron chi connectivity index (χ2n) is 8.12. The number of fused-ring (bicyclic) bond motifs is 1. The first kappa shape index (κ1) is 20.8. The van der Waals surface area contributed by atoms with Gasteiger partial charge in [0.2, 0.25) is 0 Å². The van der Waals surface area contributed by atoms with Crippen LogP contribution in [-0.2, 0) is 9.53 Å². The Hall–Kier alpha value is -3.05. The fraction of sp³-hybridized carbons (Fsp3) is 0.259. The van der Waals surface area contributed by atoms with Crippen LogP contribution in [-0.4, -0.2) is 22.6 Å². The van der Waals surface area contributed by atoms with Gasteiger partial charge in [-0.05, 0) is 73.2 Å². The number of allylic oxidation sites excluding steroid dienone is 2. The van der Waals surface area contributed by atoms with E-state index in [2.05, 4.69) is 59.5 Å². The molecule has 4 nitrogen and oxygen atoms in total. The van der Waals surface area contributed by atoms with Crippen LogP contribution in [0.2, 0.25) is 0 Å². The average Bonchev–Trinajstić information content (AvgIpc) is 3.15. The smallest absolute Gasteiger partial charge is 0.346 e. The Bertz CT molecular complexity index is 1160. The lowest BCUT2D eigenvalue weighted by Crippen LogP contribution is -2.34. The molecule has 0 radical (unpaired) electrons. The molecule has 0 spiro atoms. The molecular weight excluding hydrogens is 416 g/mol. The monoisotopic (exact) mass is 442 g/mol. The van der Waals surface area contributed by atoms with Crippen LogP contribution in [0.1, 0.15) is 50.3 Å². The number of aliphatic imine (C=N–C) groups is 1. The minimum atomic E-state index is -0.267. The fourth-order valence-electron chi connectivity index (χ4n) is 4.68. The summed E-state index contributed by atoms with van der Waals surface area (Å²) in [6.07, 6.45) is 5.37. The lowest BCUT2D eigenvalue weighted by Gasteiger charge is -2.39. The highest BCUT2D eigenvalue weighted by Crippen LogP contribution is 2.51. The highest BCUT2D eigenvalue weighted by molar-refractivity contribution is 8.18. The normalized spacial score (nSPS) is 21.4. The number of thioether (sulfide) groups is 1. The number of esters is 1. The number of amidine groups is 1. The molecule has 0 saturated heterocycles. The second kappa shape index (κ2) is 8.83. The van der Waals surface area contributed by atoms with Gasteiger partial charge in [-0.3, -0.25) is 0 Å². The number of rotatable bonds is 4. The van der Waals surface area contributed by atoms with E-state index in [-0.39, 0.29) is 12.0 Å². The maximum atomic E-state index is 12.7. The van der Waals surface area contributed by atoms with E-state index in [1.165, 1.54) is 34.0 Å². The lowest BCUT2D eigenvalue weighted by atomic mass is 9.83. The Morgan fingerprint density at radius 2 is 1.84 bits per heavy atom. The third-order valence-electron chi connectivity index (χ3n) is 6.10. The molecule has 5 heteroatoms. The molecule has 2 aliphatic heterocycles. The topological polar surface area (TPSA) is 41.9 Å². The van der Waals surface area contributed by atoms with Gasteiger partial charge in [-0.2, -0.15) is 0 Å². The molecule has 2 aromatic carbocycles. The van der Waals surface area contributed by atoms with Crippen molar-refractivity contribution in [3.63, 3.8) is 0 Å². The summed E-state index contributed by atoms with van der Waals surface area (Å²) >= 11 is 1.43. The summed E-state index contributed by atoms with van der Waals surface area (Å²) in [4.78, 5) is 20.7. The first-order valence-electron chi connectivity index (χ1n) is 11.1. The predicted molar refractivity (Wildman–Crippen MR) is 131 cm³/mol. The zero-order chi connectivity index (χ0) is 22.1. The van der Waals surface area contributed by atoms with Crippen molar-refractivity contribution in [1.29, 1.82) is 0 Å². The van der Waals surface area contributed by atoms with Gasteiger partial charge in [0, 0.05) is 5.70 Å². The van der Waals surface area contributed by atoms with Gasteiger partial charge in [0.1, 0.15) is 4.91 Å². The van der Waals surface area contributed by atoms with Crippen molar-refractivity contribution in [2.45, 2.75) is 39.2 Å². The zero-order valence-electron chi connectivity index (χ0n) is 18.4. The van der Waals surface area contributed by atoms with Crippen molar-refractivity contribution < 1.29 is 9.53 Å². The van der Waals surface area contributed by atoms with E-state index in [0.717, 1.165) is 35.8 Å². The van der Waals surface area contributed by atoms with Gasteiger partial charge < -0.3 is 9.64 Å². The first-order chi connectivity index (χ1) is 15.7. The van der Waals surface area contributed by atoms with Crippen molar-refractivity contribution in [2.75, 3.05) is 6.61 Å². The third-order valence-corrected chi connectivity index (χ3v) is 7.24. The molecule has 2 heterocycles. The van der Waals surface area contributed by atoms with Gasteiger partial charge >= 0.3 is 5.97 Å². The van der Waals surface area contributed by atoms with Gasteiger partial charge in [0.15, 0.2) is 5.17 Å². The quantitative estimate of drug-likeness (QED) is 0.510. The summed E-state index contributed by atoms with van der Waals surface area (Å²) in [6.45, 7) is 4.21. The maximum Gasteiger partial charge on any atom is 0.346 e. The summed E-state index contributed by atoms with van der Waals surface area (Å²) in [5, 5.41) is 0.860. The number of hydrogen-bond acceptors (Lipinski definition) is 5. The number of carbonyl (C=O) groups is 1. The molecule has 0 saturated carbocycles. The molecule has 0 bridgehead atoms. The molecule has 1 atom stereocenters. The summed E-state index contributed by atoms with van der Waals surface area (Å²) in [7, 11) is 0. The molecule has 3 aliphatic rings. The second-order valence-corrected chi connectivity index (χ2v) is 9.10. The van der Waals surface area contributed by atoms with E-state index in [0.29, 0.717) is 11.5 Å². The van der Waals surface area contributed by atoms with Gasteiger partial charge in [0.25, 0.3) is 0 Å². The predicted octanol–water partition coefficient (Wildman–Crippen LogP) is 6.46. The number of carbonyl (C=O) groups excluding carboxylic acids is 1. The molecule has 2 aromatic rings. The van der Waals surface area contributed by atoms with Crippen LogP contribution in [0.5, 0.6) is 0 Å². The summed E-state index contributed by atoms with van der Waals surface area (Å²) in [5.74, 6) is -0.267. The lowest BCUT2D eigenvalue weighted by molar-refractivity contribution is -0.137. The van der Waals surface area contributed by atoms with Crippen molar-refractivity contribution in [3.05, 3.63) is 99.2 Å². The van der Waals surface area contributed by atoms with Crippen LogP contribution < -0.4 is 0 Å². The highest BCUT2D eigenvalue weighted by Gasteiger charge is 2.42. The minimum absolute atomic E-state index is 0.0394. The Balaban J connectivity index is 1.64. The van der Waals surface area contributed by atoms with E-state index in [9.17, 15) is 4.79 Å². The summed E-state index contributed by atoms with van der Waals surface area (Å²) in [6, 6.07) is 21.0. The number of benzene rings is 2. The fourth-order valence-corrected chi connectivity index (χ4v) is 5.73. The third kappa shape index (κ3) is 3.71. The standard InChI is InChI=1S/C27H26N2O2S/c1-3-31-26(30)25-18(2)29-24(20-13-8-5-9-14-20)22-16-10-15-21(23(22)28-27(29)32-25)17-19-11-6-4-7-12-19/h4-9,11-14,17,24H,3,10,15-16H2,1-2H3/b21-17-/t24-/m1/s1. The van der Waals surface area contributed by atoms with Crippen molar-refractivity contribution in [1.82, 2.24) is 4.90 Å². The number of ether oxygens (including phenoxy) is 1. The minimum Gasteiger partial charge on any atom is -0.462 e. The van der Waals surface area contributed by atoms with E-state index >= 15 is 0 Å². The van der Waals surface area contributed by atoms with E-state index < -0.39 is 0 Å².